The highest BCUT2D eigenvalue weighted by molar-refractivity contribution is 6.09. The van der Waals surface area contributed by atoms with Gasteiger partial charge in [0.05, 0.1) is 0 Å². The third-order valence-electron chi connectivity index (χ3n) is 4.01. The van der Waals surface area contributed by atoms with Crippen molar-refractivity contribution in [3.8, 4) is 0 Å². The number of anilines is 1. The second-order valence-corrected chi connectivity index (χ2v) is 5.49. The molecule has 0 saturated carbocycles. The Labute approximate surface area is 128 Å². The van der Waals surface area contributed by atoms with Crippen LogP contribution in [0.25, 0.3) is 10.8 Å². The van der Waals surface area contributed by atoms with Crippen LogP contribution in [0.4, 0.5) is 5.69 Å². The Morgan fingerprint density at radius 3 is 2.32 bits per heavy atom. The van der Waals surface area contributed by atoms with E-state index in [1.165, 1.54) is 0 Å². The SMILES string of the molecule is O=C(O)C1=C(C(=O)Nc2ccc3ccccc3c2)CCCC1. The lowest BCUT2D eigenvalue weighted by atomic mass is 9.91. The van der Waals surface area contributed by atoms with Crippen LogP contribution in [0.1, 0.15) is 25.7 Å². The molecule has 0 bridgehead atoms. The first-order valence-corrected chi connectivity index (χ1v) is 7.40. The van der Waals surface area contributed by atoms with Crippen molar-refractivity contribution in [1.82, 2.24) is 0 Å². The van der Waals surface area contributed by atoms with Gasteiger partial charge in [0.2, 0.25) is 0 Å². The van der Waals surface area contributed by atoms with E-state index >= 15 is 0 Å². The Morgan fingerprint density at radius 2 is 1.59 bits per heavy atom. The summed E-state index contributed by atoms with van der Waals surface area (Å²) in [4.78, 5) is 23.6. The standard InChI is InChI=1S/C18H17NO3/c20-17(15-7-3-4-8-16(15)18(21)22)19-14-10-9-12-5-1-2-6-13(12)11-14/h1-2,5-6,9-11H,3-4,7-8H2,(H,19,20)(H,21,22). The summed E-state index contributed by atoms with van der Waals surface area (Å²) in [7, 11) is 0. The molecule has 0 heterocycles. The van der Waals surface area contributed by atoms with Gasteiger partial charge in [0.25, 0.3) is 5.91 Å². The maximum absolute atomic E-state index is 12.4. The molecule has 0 atom stereocenters. The lowest BCUT2D eigenvalue weighted by Crippen LogP contribution is -2.21. The molecule has 2 aromatic rings. The van der Waals surface area contributed by atoms with E-state index in [1.54, 1.807) is 0 Å². The van der Waals surface area contributed by atoms with E-state index in [9.17, 15) is 14.7 Å². The number of fused-ring (bicyclic) bond motifs is 1. The van der Waals surface area contributed by atoms with Gasteiger partial charge in [-0.05, 0) is 48.6 Å². The van der Waals surface area contributed by atoms with E-state index in [0.717, 1.165) is 23.6 Å². The van der Waals surface area contributed by atoms with Crippen LogP contribution >= 0.6 is 0 Å². The number of benzene rings is 2. The van der Waals surface area contributed by atoms with Crippen molar-refractivity contribution in [3.05, 3.63) is 53.6 Å². The minimum Gasteiger partial charge on any atom is -0.478 e. The third-order valence-corrected chi connectivity index (χ3v) is 4.01. The Morgan fingerprint density at radius 1 is 0.909 bits per heavy atom. The molecule has 22 heavy (non-hydrogen) atoms. The lowest BCUT2D eigenvalue weighted by molar-refractivity contribution is -0.133. The summed E-state index contributed by atoms with van der Waals surface area (Å²) in [5, 5.41) is 14.2. The molecule has 112 valence electrons. The average Bonchev–Trinajstić information content (AvgIpc) is 2.54. The smallest absolute Gasteiger partial charge is 0.332 e. The van der Waals surface area contributed by atoms with Gasteiger partial charge in [0.1, 0.15) is 0 Å². The fourth-order valence-corrected chi connectivity index (χ4v) is 2.87. The number of carboxylic acids is 1. The van der Waals surface area contributed by atoms with Crippen molar-refractivity contribution >= 4 is 28.3 Å². The molecular weight excluding hydrogens is 278 g/mol. The lowest BCUT2D eigenvalue weighted by Gasteiger charge is -2.17. The largest absolute Gasteiger partial charge is 0.478 e. The molecule has 0 saturated heterocycles. The first-order chi connectivity index (χ1) is 10.6. The zero-order valence-electron chi connectivity index (χ0n) is 12.1. The van der Waals surface area contributed by atoms with Crippen LogP contribution in [0.2, 0.25) is 0 Å². The Kier molecular flexibility index (Phi) is 3.92. The van der Waals surface area contributed by atoms with E-state index in [0.29, 0.717) is 24.1 Å². The number of amides is 1. The molecule has 2 N–H and O–H groups in total. The monoisotopic (exact) mass is 295 g/mol. The van der Waals surface area contributed by atoms with Crippen LogP contribution in [0.15, 0.2) is 53.6 Å². The van der Waals surface area contributed by atoms with Crippen molar-refractivity contribution in [2.45, 2.75) is 25.7 Å². The van der Waals surface area contributed by atoms with Gasteiger partial charge in [-0.15, -0.1) is 0 Å². The van der Waals surface area contributed by atoms with E-state index in [1.807, 2.05) is 42.5 Å². The highest BCUT2D eigenvalue weighted by atomic mass is 16.4. The minimum atomic E-state index is -0.983. The average molecular weight is 295 g/mol. The quantitative estimate of drug-likeness (QED) is 0.906. The summed E-state index contributed by atoms with van der Waals surface area (Å²) < 4.78 is 0. The molecule has 4 nitrogen and oxygen atoms in total. The molecular formula is C18H17NO3. The summed E-state index contributed by atoms with van der Waals surface area (Å²) in [5.41, 5.74) is 1.35. The summed E-state index contributed by atoms with van der Waals surface area (Å²) in [5.74, 6) is -1.28. The molecule has 1 amide bonds. The zero-order chi connectivity index (χ0) is 15.5. The van der Waals surface area contributed by atoms with Crippen molar-refractivity contribution in [3.63, 3.8) is 0 Å². The second kappa shape index (κ2) is 6.02. The molecule has 0 aromatic heterocycles. The van der Waals surface area contributed by atoms with Crippen LogP contribution in [0, 0.1) is 0 Å². The predicted molar refractivity (Wildman–Crippen MR) is 85.7 cm³/mol. The first-order valence-electron chi connectivity index (χ1n) is 7.40. The van der Waals surface area contributed by atoms with Crippen LogP contribution in [-0.2, 0) is 9.59 Å². The Bertz CT molecular complexity index is 777. The van der Waals surface area contributed by atoms with Crippen LogP contribution in [0.5, 0.6) is 0 Å². The summed E-state index contributed by atoms with van der Waals surface area (Å²) in [6.07, 6.45) is 2.68. The van der Waals surface area contributed by atoms with E-state index in [4.69, 9.17) is 0 Å². The number of hydrogen-bond acceptors (Lipinski definition) is 2. The maximum Gasteiger partial charge on any atom is 0.332 e. The number of rotatable bonds is 3. The normalized spacial score (nSPS) is 14.9. The molecule has 1 aliphatic rings. The molecule has 0 spiro atoms. The summed E-state index contributed by atoms with van der Waals surface area (Å²) in [6.45, 7) is 0. The molecule has 0 radical (unpaired) electrons. The first kappa shape index (κ1) is 14.3. The van der Waals surface area contributed by atoms with Crippen molar-refractivity contribution in [2.24, 2.45) is 0 Å². The van der Waals surface area contributed by atoms with Gasteiger partial charge in [-0.3, -0.25) is 4.79 Å². The van der Waals surface area contributed by atoms with E-state index in [-0.39, 0.29) is 11.5 Å². The molecule has 0 unspecified atom stereocenters. The van der Waals surface area contributed by atoms with Gasteiger partial charge in [-0.25, -0.2) is 4.79 Å². The van der Waals surface area contributed by atoms with Crippen molar-refractivity contribution in [2.75, 3.05) is 5.32 Å². The van der Waals surface area contributed by atoms with Crippen LogP contribution in [0.3, 0.4) is 0 Å². The van der Waals surface area contributed by atoms with Gasteiger partial charge in [0.15, 0.2) is 0 Å². The number of carbonyl (C=O) groups is 2. The molecule has 2 aromatic carbocycles. The highest BCUT2D eigenvalue weighted by Gasteiger charge is 2.23. The van der Waals surface area contributed by atoms with Gasteiger partial charge >= 0.3 is 5.97 Å². The minimum absolute atomic E-state index is 0.254. The second-order valence-electron chi connectivity index (χ2n) is 5.49. The predicted octanol–water partition coefficient (Wildman–Crippen LogP) is 3.73. The topological polar surface area (TPSA) is 66.4 Å². The van der Waals surface area contributed by atoms with Gasteiger partial charge in [-0.1, -0.05) is 30.3 Å². The van der Waals surface area contributed by atoms with Crippen molar-refractivity contribution in [1.29, 1.82) is 0 Å². The fraction of sp³-hybridized carbons (Fsp3) is 0.222. The summed E-state index contributed by atoms with van der Waals surface area (Å²) in [6, 6.07) is 13.6. The van der Waals surface area contributed by atoms with Crippen molar-refractivity contribution < 1.29 is 14.7 Å². The van der Waals surface area contributed by atoms with Gasteiger partial charge in [-0.2, -0.15) is 0 Å². The van der Waals surface area contributed by atoms with Crippen LogP contribution in [-0.4, -0.2) is 17.0 Å². The number of carbonyl (C=O) groups excluding carboxylic acids is 1. The van der Waals surface area contributed by atoms with E-state index < -0.39 is 5.97 Å². The third kappa shape index (κ3) is 2.86. The number of carboxylic acid groups (broad SMARTS) is 1. The Hall–Kier alpha value is -2.62. The molecule has 0 aliphatic heterocycles. The molecule has 0 fully saturated rings. The van der Waals surface area contributed by atoms with Gasteiger partial charge < -0.3 is 10.4 Å². The summed E-state index contributed by atoms with van der Waals surface area (Å²) >= 11 is 0. The number of hydrogen-bond donors (Lipinski definition) is 2. The maximum atomic E-state index is 12.4. The van der Waals surface area contributed by atoms with Crippen LogP contribution < -0.4 is 5.32 Å². The molecule has 3 rings (SSSR count). The highest BCUT2D eigenvalue weighted by Crippen LogP contribution is 2.26. The van der Waals surface area contributed by atoms with Gasteiger partial charge in [0, 0.05) is 16.8 Å². The molecule has 4 heteroatoms. The molecule has 1 aliphatic carbocycles. The van der Waals surface area contributed by atoms with E-state index in [2.05, 4.69) is 5.32 Å². The fourth-order valence-electron chi connectivity index (χ4n) is 2.87. The number of nitrogens with one attached hydrogen (secondary N) is 1. The zero-order valence-corrected chi connectivity index (χ0v) is 12.1. The Balaban J connectivity index is 1.87. The number of aliphatic carboxylic acids is 1.